The molecule has 0 heterocycles. The van der Waals surface area contributed by atoms with E-state index in [1.807, 2.05) is 0 Å². The Hall–Kier alpha value is -3.09. The molecule has 0 unspecified atom stereocenters. The van der Waals surface area contributed by atoms with Crippen LogP contribution in [0.15, 0.2) is 42.5 Å². The van der Waals surface area contributed by atoms with Crippen LogP contribution < -0.4 is 20.1 Å². The molecule has 1 saturated carbocycles. The first-order valence-electron chi connectivity index (χ1n) is 8.09. The summed E-state index contributed by atoms with van der Waals surface area (Å²) in [6, 6.07) is 10.5. The van der Waals surface area contributed by atoms with E-state index >= 15 is 0 Å². The number of rotatable bonds is 6. The average Bonchev–Trinajstić information content (AvgIpc) is 3.43. The molecule has 1 aliphatic rings. The lowest BCUT2D eigenvalue weighted by molar-refractivity contribution is -0.131. The number of halogens is 1. The zero-order chi connectivity index (χ0) is 18.7. The number of carbonyl (C=O) groups is 2. The van der Waals surface area contributed by atoms with Gasteiger partial charge in [-0.3, -0.25) is 9.59 Å². The Labute approximate surface area is 150 Å². The van der Waals surface area contributed by atoms with Gasteiger partial charge in [0.25, 0.3) is 0 Å². The van der Waals surface area contributed by atoms with E-state index in [2.05, 4.69) is 10.6 Å². The number of anilines is 2. The van der Waals surface area contributed by atoms with Crippen molar-refractivity contribution in [2.45, 2.75) is 12.8 Å². The van der Waals surface area contributed by atoms with E-state index in [-0.39, 0.29) is 0 Å². The van der Waals surface area contributed by atoms with Gasteiger partial charge in [0.2, 0.25) is 11.8 Å². The highest BCUT2D eigenvalue weighted by Gasteiger charge is 2.56. The van der Waals surface area contributed by atoms with Crippen LogP contribution >= 0.6 is 0 Å². The number of benzene rings is 2. The third kappa shape index (κ3) is 3.46. The predicted molar refractivity (Wildman–Crippen MR) is 94.9 cm³/mol. The van der Waals surface area contributed by atoms with Crippen molar-refractivity contribution >= 4 is 23.2 Å². The Balaban J connectivity index is 1.72. The average molecular weight is 358 g/mol. The number of ether oxygens (including phenoxy) is 2. The fourth-order valence-electron chi connectivity index (χ4n) is 2.66. The van der Waals surface area contributed by atoms with Gasteiger partial charge < -0.3 is 20.1 Å². The first-order valence-corrected chi connectivity index (χ1v) is 8.09. The van der Waals surface area contributed by atoms with E-state index < -0.39 is 23.0 Å². The molecule has 2 N–H and O–H groups in total. The summed E-state index contributed by atoms with van der Waals surface area (Å²) >= 11 is 0. The maximum atomic E-state index is 13.3. The molecule has 0 radical (unpaired) electrons. The van der Waals surface area contributed by atoms with Crippen LogP contribution in [0.25, 0.3) is 0 Å². The second-order valence-corrected chi connectivity index (χ2v) is 6.07. The van der Waals surface area contributed by atoms with E-state index in [0.29, 0.717) is 35.7 Å². The van der Waals surface area contributed by atoms with E-state index in [9.17, 15) is 14.0 Å². The number of hydrogen-bond acceptors (Lipinski definition) is 4. The minimum atomic E-state index is -1.14. The first-order chi connectivity index (χ1) is 12.5. The van der Waals surface area contributed by atoms with Gasteiger partial charge in [0, 0.05) is 17.4 Å². The lowest BCUT2D eigenvalue weighted by atomic mass is 10.0. The highest BCUT2D eigenvalue weighted by molar-refractivity contribution is 6.16. The van der Waals surface area contributed by atoms with Crippen molar-refractivity contribution in [3.63, 3.8) is 0 Å². The Kier molecular flexibility index (Phi) is 4.79. The summed E-state index contributed by atoms with van der Waals surface area (Å²) < 4.78 is 23.6. The SMILES string of the molecule is COc1ccc(NC(=O)C2(C(=O)Nc3cccc(F)c3)CC2)cc1OC. The maximum Gasteiger partial charge on any atom is 0.240 e. The Morgan fingerprint density at radius 3 is 2.08 bits per heavy atom. The summed E-state index contributed by atoms with van der Waals surface area (Å²) in [5.41, 5.74) is -0.322. The lowest BCUT2D eigenvalue weighted by Crippen LogP contribution is -2.35. The number of methoxy groups -OCH3 is 2. The molecule has 2 amide bonds. The van der Waals surface area contributed by atoms with E-state index in [4.69, 9.17) is 9.47 Å². The molecule has 1 aliphatic carbocycles. The van der Waals surface area contributed by atoms with Crippen molar-refractivity contribution in [3.05, 3.63) is 48.3 Å². The third-order valence-corrected chi connectivity index (χ3v) is 4.34. The minimum Gasteiger partial charge on any atom is -0.493 e. The molecular weight excluding hydrogens is 339 g/mol. The molecule has 26 heavy (non-hydrogen) atoms. The number of amides is 2. The van der Waals surface area contributed by atoms with Crippen LogP contribution in [0.4, 0.5) is 15.8 Å². The molecule has 7 heteroatoms. The lowest BCUT2D eigenvalue weighted by Gasteiger charge is -2.16. The first kappa shape index (κ1) is 17.7. The Morgan fingerprint density at radius 2 is 1.54 bits per heavy atom. The topological polar surface area (TPSA) is 76.7 Å². The van der Waals surface area contributed by atoms with Gasteiger partial charge in [-0.25, -0.2) is 4.39 Å². The minimum absolute atomic E-state index is 0.320. The molecule has 0 bridgehead atoms. The van der Waals surface area contributed by atoms with E-state index in [1.165, 1.54) is 32.4 Å². The molecule has 0 atom stereocenters. The van der Waals surface area contributed by atoms with E-state index in [0.717, 1.165) is 0 Å². The van der Waals surface area contributed by atoms with Gasteiger partial charge in [-0.15, -0.1) is 0 Å². The van der Waals surface area contributed by atoms with Crippen LogP contribution in [0.5, 0.6) is 11.5 Å². The molecule has 0 aliphatic heterocycles. The van der Waals surface area contributed by atoms with Crippen LogP contribution in [0, 0.1) is 11.2 Å². The van der Waals surface area contributed by atoms with Crippen molar-refractivity contribution in [2.75, 3.05) is 24.9 Å². The van der Waals surface area contributed by atoms with Gasteiger partial charge in [-0.2, -0.15) is 0 Å². The highest BCUT2D eigenvalue weighted by Crippen LogP contribution is 2.47. The van der Waals surface area contributed by atoms with Gasteiger partial charge in [0.05, 0.1) is 14.2 Å². The third-order valence-electron chi connectivity index (χ3n) is 4.34. The summed E-state index contributed by atoms with van der Waals surface area (Å²) in [4.78, 5) is 25.2. The molecule has 136 valence electrons. The van der Waals surface area contributed by atoms with Gasteiger partial charge >= 0.3 is 0 Å². The number of carbonyl (C=O) groups excluding carboxylic acids is 2. The standard InChI is InChI=1S/C19H19FN2O4/c1-25-15-7-6-14(11-16(15)26-2)22-18(24)19(8-9-19)17(23)21-13-5-3-4-12(20)10-13/h3-7,10-11H,8-9H2,1-2H3,(H,21,23)(H,22,24). The Morgan fingerprint density at radius 1 is 0.923 bits per heavy atom. The monoisotopic (exact) mass is 358 g/mol. The molecular formula is C19H19FN2O4. The summed E-state index contributed by atoms with van der Waals surface area (Å²) in [5, 5.41) is 5.35. The quantitative estimate of drug-likeness (QED) is 0.778. The summed E-state index contributed by atoms with van der Waals surface area (Å²) in [6.07, 6.45) is 0.876. The van der Waals surface area contributed by atoms with Crippen LogP contribution in [0.3, 0.4) is 0 Å². The van der Waals surface area contributed by atoms with Crippen LogP contribution in [-0.2, 0) is 9.59 Å². The summed E-state index contributed by atoms with van der Waals surface area (Å²) in [5.74, 6) is -0.294. The normalized spacial score (nSPS) is 14.3. The number of hydrogen-bond donors (Lipinski definition) is 2. The van der Waals surface area contributed by atoms with Gasteiger partial charge in [0.1, 0.15) is 11.2 Å². The zero-order valence-electron chi connectivity index (χ0n) is 14.5. The summed E-state index contributed by atoms with van der Waals surface area (Å²) in [7, 11) is 3.02. The molecule has 3 rings (SSSR count). The molecule has 1 fully saturated rings. The molecule has 0 spiro atoms. The zero-order valence-corrected chi connectivity index (χ0v) is 14.5. The van der Waals surface area contributed by atoms with Crippen LogP contribution in [-0.4, -0.2) is 26.0 Å². The fourth-order valence-corrected chi connectivity index (χ4v) is 2.66. The predicted octanol–water partition coefficient (Wildman–Crippen LogP) is 3.20. The van der Waals surface area contributed by atoms with E-state index in [1.54, 1.807) is 24.3 Å². The van der Waals surface area contributed by atoms with Crippen molar-refractivity contribution in [3.8, 4) is 11.5 Å². The van der Waals surface area contributed by atoms with Crippen molar-refractivity contribution in [2.24, 2.45) is 5.41 Å². The summed E-state index contributed by atoms with van der Waals surface area (Å²) in [6.45, 7) is 0. The molecule has 0 aromatic heterocycles. The van der Waals surface area contributed by atoms with Gasteiger partial charge in [0.15, 0.2) is 11.5 Å². The van der Waals surface area contributed by atoms with Crippen LogP contribution in [0.1, 0.15) is 12.8 Å². The molecule has 2 aromatic rings. The number of nitrogens with one attached hydrogen (secondary N) is 2. The van der Waals surface area contributed by atoms with Gasteiger partial charge in [-0.05, 0) is 43.2 Å². The second kappa shape index (κ2) is 7.03. The smallest absolute Gasteiger partial charge is 0.240 e. The van der Waals surface area contributed by atoms with Crippen molar-refractivity contribution in [1.82, 2.24) is 0 Å². The van der Waals surface area contributed by atoms with Crippen molar-refractivity contribution in [1.29, 1.82) is 0 Å². The largest absolute Gasteiger partial charge is 0.493 e. The molecule has 6 nitrogen and oxygen atoms in total. The van der Waals surface area contributed by atoms with Gasteiger partial charge in [-0.1, -0.05) is 6.07 Å². The van der Waals surface area contributed by atoms with Crippen molar-refractivity contribution < 1.29 is 23.5 Å². The maximum absolute atomic E-state index is 13.3. The second-order valence-electron chi connectivity index (χ2n) is 6.07. The molecule has 2 aromatic carbocycles. The van der Waals surface area contributed by atoms with Crippen LogP contribution in [0.2, 0.25) is 0 Å². The Bertz CT molecular complexity index is 849. The highest BCUT2D eigenvalue weighted by atomic mass is 19.1. The fraction of sp³-hybridized carbons (Fsp3) is 0.263. The molecule has 0 saturated heterocycles.